The van der Waals surface area contributed by atoms with Crippen molar-refractivity contribution in [2.45, 2.75) is 38.1 Å². The number of alkyl halides is 3. The maximum atomic E-state index is 13.1. The summed E-state index contributed by atoms with van der Waals surface area (Å²) < 4.78 is 45.9. The van der Waals surface area contributed by atoms with Crippen LogP contribution in [0.1, 0.15) is 25.8 Å². The second kappa shape index (κ2) is 8.05. The van der Waals surface area contributed by atoms with Crippen molar-refractivity contribution in [3.63, 3.8) is 0 Å². The van der Waals surface area contributed by atoms with Crippen LogP contribution >= 0.6 is 0 Å². The molecule has 0 aromatic carbocycles. The van der Waals surface area contributed by atoms with Gasteiger partial charge in [0, 0.05) is 32.5 Å². The summed E-state index contributed by atoms with van der Waals surface area (Å²) in [6.07, 6.45) is 1.94. The number of nitrogens with one attached hydrogen (secondary N) is 1. The number of hydrogen-bond donors (Lipinski definition) is 1. The molecule has 1 saturated heterocycles. The lowest BCUT2D eigenvalue weighted by Crippen LogP contribution is -2.37. The van der Waals surface area contributed by atoms with E-state index >= 15 is 0 Å². The zero-order valence-corrected chi connectivity index (χ0v) is 16.6. The van der Waals surface area contributed by atoms with Crippen LogP contribution in [0.15, 0.2) is 30.9 Å². The normalized spacial score (nSPS) is 16.8. The van der Waals surface area contributed by atoms with Gasteiger partial charge in [0.1, 0.15) is 23.2 Å². The fraction of sp³-hybridized carbons (Fsp3) is 0.474. The van der Waals surface area contributed by atoms with Crippen LogP contribution in [0.25, 0.3) is 11.0 Å². The van der Waals surface area contributed by atoms with Gasteiger partial charge in [-0.15, -0.1) is 0 Å². The Hall–Kier alpha value is -2.95. The Morgan fingerprint density at radius 1 is 1.17 bits per heavy atom. The summed E-state index contributed by atoms with van der Waals surface area (Å²) in [4.78, 5) is 19.2. The molecule has 1 aliphatic rings. The van der Waals surface area contributed by atoms with Crippen LogP contribution in [0.2, 0.25) is 0 Å². The molecular weight excluding hydrogens is 399 g/mol. The average Bonchev–Trinajstić information content (AvgIpc) is 3.16. The van der Waals surface area contributed by atoms with Gasteiger partial charge in [0.25, 0.3) is 0 Å². The molecule has 0 amide bonds. The van der Waals surface area contributed by atoms with E-state index in [1.807, 2.05) is 0 Å². The molecule has 160 valence electrons. The van der Waals surface area contributed by atoms with E-state index in [1.54, 1.807) is 19.4 Å². The van der Waals surface area contributed by atoms with Gasteiger partial charge in [-0.05, 0) is 25.8 Å². The number of imidazole rings is 1. The van der Waals surface area contributed by atoms with E-state index in [1.165, 1.54) is 18.6 Å². The first-order valence-electron chi connectivity index (χ1n) is 9.62. The SMILES string of the molecule is COC1CCN(c2nccc(Nc3cc4c(cn3)ncn4C(C)C(F)(F)F)n2)CC1. The Morgan fingerprint density at radius 2 is 1.93 bits per heavy atom. The highest BCUT2D eigenvalue weighted by atomic mass is 19.4. The third kappa shape index (κ3) is 4.16. The van der Waals surface area contributed by atoms with Gasteiger partial charge >= 0.3 is 6.18 Å². The van der Waals surface area contributed by atoms with E-state index in [0.29, 0.717) is 28.6 Å². The molecule has 1 unspecified atom stereocenters. The van der Waals surface area contributed by atoms with Crippen LogP contribution in [0.4, 0.5) is 30.8 Å². The van der Waals surface area contributed by atoms with Crippen LogP contribution in [0, 0.1) is 0 Å². The third-order valence-electron chi connectivity index (χ3n) is 5.31. The molecule has 11 heteroatoms. The van der Waals surface area contributed by atoms with Crippen LogP contribution in [-0.2, 0) is 4.74 Å². The molecule has 3 aromatic heterocycles. The van der Waals surface area contributed by atoms with Gasteiger partial charge in [-0.3, -0.25) is 0 Å². The number of fused-ring (bicyclic) bond motifs is 1. The lowest BCUT2D eigenvalue weighted by Gasteiger charge is -2.31. The molecule has 1 atom stereocenters. The number of piperidine rings is 1. The lowest BCUT2D eigenvalue weighted by atomic mass is 10.1. The number of methoxy groups -OCH3 is 1. The second-order valence-corrected chi connectivity index (χ2v) is 7.22. The van der Waals surface area contributed by atoms with E-state index in [0.717, 1.165) is 37.4 Å². The largest absolute Gasteiger partial charge is 0.408 e. The molecule has 4 rings (SSSR count). The van der Waals surface area contributed by atoms with Crippen molar-refractivity contribution in [1.29, 1.82) is 0 Å². The summed E-state index contributed by atoms with van der Waals surface area (Å²) in [6, 6.07) is 1.53. The summed E-state index contributed by atoms with van der Waals surface area (Å²) in [6.45, 7) is 2.68. The molecule has 0 aliphatic carbocycles. The molecule has 0 saturated carbocycles. The van der Waals surface area contributed by atoms with Crippen LogP contribution in [-0.4, -0.2) is 57.0 Å². The van der Waals surface area contributed by atoms with Crippen molar-refractivity contribution < 1.29 is 17.9 Å². The van der Waals surface area contributed by atoms with Crippen molar-refractivity contribution in [2.24, 2.45) is 0 Å². The molecule has 3 aromatic rings. The second-order valence-electron chi connectivity index (χ2n) is 7.22. The Morgan fingerprint density at radius 3 is 2.63 bits per heavy atom. The standard InChI is InChI=1S/C19H22F3N7O/c1-12(19(20,21)22)29-11-25-14-10-24-17(9-15(14)29)26-16-3-6-23-18(27-16)28-7-4-13(30-2)5-8-28/h3,6,9-13H,4-5,7-8H2,1-2H3,(H,23,24,26,27). The number of hydrogen-bond acceptors (Lipinski definition) is 7. The lowest BCUT2D eigenvalue weighted by molar-refractivity contribution is -0.162. The number of pyridine rings is 1. The summed E-state index contributed by atoms with van der Waals surface area (Å²) >= 11 is 0. The fourth-order valence-electron chi connectivity index (χ4n) is 3.46. The van der Waals surface area contributed by atoms with Gasteiger partial charge in [0.15, 0.2) is 0 Å². The summed E-state index contributed by atoms with van der Waals surface area (Å²) in [5.41, 5.74) is 0.731. The topological polar surface area (TPSA) is 81.0 Å². The highest BCUT2D eigenvalue weighted by molar-refractivity contribution is 5.78. The number of nitrogens with zero attached hydrogens (tertiary/aromatic N) is 6. The predicted molar refractivity (Wildman–Crippen MR) is 106 cm³/mol. The van der Waals surface area contributed by atoms with Gasteiger partial charge in [0.2, 0.25) is 5.95 Å². The molecule has 0 radical (unpaired) electrons. The molecule has 4 heterocycles. The smallest absolute Gasteiger partial charge is 0.381 e. The fourth-order valence-corrected chi connectivity index (χ4v) is 3.46. The number of rotatable bonds is 5. The van der Waals surface area contributed by atoms with E-state index in [-0.39, 0.29) is 6.10 Å². The van der Waals surface area contributed by atoms with Crippen molar-refractivity contribution >= 4 is 28.6 Å². The minimum Gasteiger partial charge on any atom is -0.381 e. The maximum absolute atomic E-state index is 13.1. The average molecular weight is 421 g/mol. The Bertz CT molecular complexity index is 1010. The Labute approximate surface area is 171 Å². The third-order valence-corrected chi connectivity index (χ3v) is 5.31. The first-order valence-corrected chi connectivity index (χ1v) is 9.62. The van der Waals surface area contributed by atoms with Crippen molar-refractivity contribution in [3.8, 4) is 0 Å². The zero-order chi connectivity index (χ0) is 21.3. The van der Waals surface area contributed by atoms with E-state index in [2.05, 4.69) is 30.2 Å². The van der Waals surface area contributed by atoms with Crippen LogP contribution < -0.4 is 10.2 Å². The van der Waals surface area contributed by atoms with Crippen LogP contribution in [0.3, 0.4) is 0 Å². The van der Waals surface area contributed by atoms with Gasteiger partial charge in [-0.1, -0.05) is 0 Å². The summed E-state index contributed by atoms with van der Waals surface area (Å²) in [5, 5.41) is 3.05. The summed E-state index contributed by atoms with van der Waals surface area (Å²) in [5.74, 6) is 1.48. The molecule has 30 heavy (non-hydrogen) atoms. The minimum atomic E-state index is -4.37. The minimum absolute atomic E-state index is 0.252. The van der Waals surface area contributed by atoms with Crippen molar-refractivity contribution in [2.75, 3.05) is 30.4 Å². The molecule has 0 spiro atoms. The van der Waals surface area contributed by atoms with E-state index < -0.39 is 12.2 Å². The molecule has 8 nitrogen and oxygen atoms in total. The monoisotopic (exact) mass is 421 g/mol. The molecule has 1 fully saturated rings. The highest BCUT2D eigenvalue weighted by Gasteiger charge is 2.38. The first-order chi connectivity index (χ1) is 14.3. The first kappa shape index (κ1) is 20.3. The highest BCUT2D eigenvalue weighted by Crippen LogP contribution is 2.32. The summed E-state index contributed by atoms with van der Waals surface area (Å²) in [7, 11) is 1.71. The van der Waals surface area contributed by atoms with Gasteiger partial charge in [0.05, 0.1) is 24.1 Å². The molecule has 1 N–H and O–H groups in total. The van der Waals surface area contributed by atoms with E-state index in [9.17, 15) is 13.2 Å². The maximum Gasteiger partial charge on any atom is 0.408 e. The van der Waals surface area contributed by atoms with Crippen molar-refractivity contribution in [3.05, 3.63) is 30.9 Å². The van der Waals surface area contributed by atoms with Gasteiger partial charge < -0.3 is 19.5 Å². The van der Waals surface area contributed by atoms with Gasteiger partial charge in [-0.2, -0.15) is 18.2 Å². The number of halogens is 3. The predicted octanol–water partition coefficient (Wildman–Crippen LogP) is 3.70. The zero-order valence-electron chi connectivity index (χ0n) is 16.6. The Balaban J connectivity index is 1.54. The molecule has 1 aliphatic heterocycles. The van der Waals surface area contributed by atoms with E-state index in [4.69, 9.17) is 4.74 Å². The molecular formula is C19H22F3N7O. The van der Waals surface area contributed by atoms with Crippen LogP contribution in [0.5, 0.6) is 0 Å². The molecule has 0 bridgehead atoms. The number of anilines is 3. The van der Waals surface area contributed by atoms with Crippen molar-refractivity contribution in [1.82, 2.24) is 24.5 Å². The Kier molecular flexibility index (Phi) is 5.46. The van der Waals surface area contributed by atoms with Gasteiger partial charge in [-0.25, -0.2) is 15.0 Å². The number of ether oxygens (including phenoxy) is 1. The quantitative estimate of drug-likeness (QED) is 0.673. The number of aromatic nitrogens is 5.